The SMILES string of the molecule is COc1cccc([C@]2(C)NC(=O)N(NC(=O)[C@@H](C)Oc3ccc(Cl)cc3)C2=O)c1. The third-order valence-corrected chi connectivity index (χ3v) is 4.81. The van der Waals surface area contributed by atoms with Gasteiger partial charge in [0.25, 0.3) is 11.8 Å². The lowest BCUT2D eigenvalue weighted by molar-refractivity contribution is -0.141. The second-order valence-electron chi connectivity index (χ2n) is 6.62. The molecule has 0 bridgehead atoms. The van der Waals surface area contributed by atoms with Gasteiger partial charge in [-0.25, -0.2) is 4.79 Å². The van der Waals surface area contributed by atoms with Gasteiger partial charge in [-0.1, -0.05) is 23.7 Å². The number of carbonyl (C=O) groups is 3. The average Bonchev–Trinajstić information content (AvgIpc) is 2.93. The summed E-state index contributed by atoms with van der Waals surface area (Å²) in [7, 11) is 1.51. The number of imide groups is 1. The van der Waals surface area contributed by atoms with Crippen LogP contribution < -0.4 is 20.2 Å². The molecule has 0 saturated carbocycles. The van der Waals surface area contributed by atoms with E-state index >= 15 is 0 Å². The van der Waals surface area contributed by atoms with Crippen LogP contribution in [0, 0.1) is 0 Å². The van der Waals surface area contributed by atoms with Gasteiger partial charge < -0.3 is 14.8 Å². The summed E-state index contributed by atoms with van der Waals surface area (Å²) in [5, 5.41) is 3.80. The van der Waals surface area contributed by atoms with Gasteiger partial charge in [-0.15, -0.1) is 0 Å². The molecule has 2 aromatic rings. The van der Waals surface area contributed by atoms with Crippen molar-refractivity contribution in [2.45, 2.75) is 25.5 Å². The molecular formula is C20H20ClN3O5. The number of hydrogen-bond donors (Lipinski definition) is 2. The van der Waals surface area contributed by atoms with Crippen LogP contribution in [0.15, 0.2) is 48.5 Å². The van der Waals surface area contributed by atoms with E-state index in [9.17, 15) is 14.4 Å². The topological polar surface area (TPSA) is 97.0 Å². The van der Waals surface area contributed by atoms with E-state index in [2.05, 4.69) is 10.7 Å². The first-order valence-corrected chi connectivity index (χ1v) is 9.16. The van der Waals surface area contributed by atoms with Crippen molar-refractivity contribution >= 4 is 29.4 Å². The van der Waals surface area contributed by atoms with Crippen LogP contribution >= 0.6 is 11.6 Å². The fraction of sp³-hybridized carbons (Fsp3) is 0.250. The summed E-state index contributed by atoms with van der Waals surface area (Å²) in [6.45, 7) is 3.06. The highest BCUT2D eigenvalue weighted by Crippen LogP contribution is 2.30. The summed E-state index contributed by atoms with van der Waals surface area (Å²) >= 11 is 5.82. The summed E-state index contributed by atoms with van der Waals surface area (Å²) in [6, 6.07) is 12.5. The van der Waals surface area contributed by atoms with Crippen molar-refractivity contribution in [1.82, 2.24) is 15.8 Å². The van der Waals surface area contributed by atoms with Crippen molar-refractivity contribution in [3.05, 3.63) is 59.1 Å². The fourth-order valence-corrected chi connectivity index (χ4v) is 2.97. The second-order valence-corrected chi connectivity index (χ2v) is 7.05. The maximum atomic E-state index is 12.9. The van der Waals surface area contributed by atoms with Crippen molar-refractivity contribution in [3.63, 3.8) is 0 Å². The number of methoxy groups -OCH3 is 1. The van der Waals surface area contributed by atoms with E-state index in [0.29, 0.717) is 27.1 Å². The van der Waals surface area contributed by atoms with Gasteiger partial charge in [-0.2, -0.15) is 5.01 Å². The van der Waals surface area contributed by atoms with E-state index in [1.807, 2.05) is 0 Å². The highest BCUT2D eigenvalue weighted by Gasteiger charge is 2.50. The van der Waals surface area contributed by atoms with E-state index in [1.165, 1.54) is 14.0 Å². The van der Waals surface area contributed by atoms with Gasteiger partial charge in [0.1, 0.15) is 17.0 Å². The first kappa shape index (κ1) is 20.5. The second kappa shape index (κ2) is 8.00. The van der Waals surface area contributed by atoms with Crippen LogP contribution in [0.3, 0.4) is 0 Å². The Hall–Kier alpha value is -3.26. The molecule has 1 aliphatic heterocycles. The summed E-state index contributed by atoms with van der Waals surface area (Å²) in [6.07, 6.45) is -0.958. The van der Waals surface area contributed by atoms with Crippen LogP contribution in [0.5, 0.6) is 11.5 Å². The van der Waals surface area contributed by atoms with Crippen molar-refractivity contribution < 1.29 is 23.9 Å². The lowest BCUT2D eigenvalue weighted by atomic mass is 9.92. The molecule has 2 aromatic carbocycles. The number of halogens is 1. The minimum absolute atomic E-state index is 0.426. The number of carbonyl (C=O) groups excluding carboxylic acids is 3. The zero-order valence-electron chi connectivity index (χ0n) is 16.1. The standard InChI is InChI=1S/C20H20ClN3O5/c1-12(29-15-9-7-14(21)8-10-15)17(25)23-24-18(26)20(2,22-19(24)27)13-5-4-6-16(11-13)28-3/h4-12H,1-3H3,(H,22,27)(H,23,25)/t12-,20+/m1/s1. The number of nitrogens with zero attached hydrogens (tertiary/aromatic N) is 1. The van der Waals surface area contributed by atoms with E-state index in [-0.39, 0.29) is 0 Å². The van der Waals surface area contributed by atoms with E-state index in [1.54, 1.807) is 55.5 Å². The third-order valence-electron chi connectivity index (χ3n) is 4.56. The van der Waals surface area contributed by atoms with Crippen LogP contribution in [0.25, 0.3) is 0 Å². The Balaban J connectivity index is 1.72. The molecule has 2 atom stereocenters. The first-order chi connectivity index (χ1) is 13.7. The molecule has 29 heavy (non-hydrogen) atoms. The highest BCUT2D eigenvalue weighted by atomic mass is 35.5. The van der Waals surface area contributed by atoms with Crippen molar-refractivity contribution in [2.24, 2.45) is 0 Å². The Morgan fingerprint density at radius 3 is 2.52 bits per heavy atom. The van der Waals surface area contributed by atoms with Crippen LogP contribution in [-0.4, -0.2) is 36.1 Å². The van der Waals surface area contributed by atoms with Gasteiger partial charge in [0.05, 0.1) is 7.11 Å². The number of rotatable bonds is 6. The summed E-state index contributed by atoms with van der Waals surface area (Å²) in [4.78, 5) is 37.8. The first-order valence-electron chi connectivity index (χ1n) is 8.78. The molecule has 8 nitrogen and oxygen atoms in total. The smallest absolute Gasteiger partial charge is 0.344 e. The van der Waals surface area contributed by atoms with Crippen molar-refractivity contribution in [3.8, 4) is 11.5 Å². The molecule has 4 amide bonds. The van der Waals surface area contributed by atoms with Gasteiger partial charge in [0, 0.05) is 5.02 Å². The minimum Gasteiger partial charge on any atom is -0.497 e. The van der Waals surface area contributed by atoms with Crippen LogP contribution in [0.4, 0.5) is 4.79 Å². The highest BCUT2D eigenvalue weighted by molar-refractivity contribution is 6.30. The Labute approximate surface area is 172 Å². The Kier molecular flexibility index (Phi) is 5.65. The lowest BCUT2D eigenvalue weighted by Crippen LogP contribution is -2.51. The molecule has 0 spiro atoms. The number of urea groups is 1. The van der Waals surface area contributed by atoms with E-state index in [0.717, 1.165) is 0 Å². The molecule has 9 heteroatoms. The van der Waals surface area contributed by atoms with Gasteiger partial charge in [-0.05, 0) is 55.8 Å². The number of ether oxygens (including phenoxy) is 2. The van der Waals surface area contributed by atoms with Crippen molar-refractivity contribution in [1.29, 1.82) is 0 Å². The molecular weight excluding hydrogens is 398 g/mol. The molecule has 3 rings (SSSR count). The predicted octanol–water partition coefficient (Wildman–Crippen LogP) is 2.61. The van der Waals surface area contributed by atoms with Gasteiger partial charge in [0.2, 0.25) is 0 Å². The van der Waals surface area contributed by atoms with Gasteiger partial charge >= 0.3 is 6.03 Å². The molecule has 1 aliphatic rings. The van der Waals surface area contributed by atoms with Crippen LogP contribution in [0.2, 0.25) is 5.02 Å². The van der Waals surface area contributed by atoms with E-state index in [4.69, 9.17) is 21.1 Å². The lowest BCUT2D eigenvalue weighted by Gasteiger charge is -2.23. The van der Waals surface area contributed by atoms with Crippen molar-refractivity contribution in [2.75, 3.05) is 7.11 Å². The molecule has 1 saturated heterocycles. The fourth-order valence-electron chi connectivity index (χ4n) is 2.84. The molecule has 0 radical (unpaired) electrons. The normalized spacial score (nSPS) is 19.5. The zero-order chi connectivity index (χ0) is 21.2. The Bertz CT molecular complexity index is 949. The maximum Gasteiger partial charge on any atom is 0.344 e. The predicted molar refractivity (Wildman–Crippen MR) is 105 cm³/mol. The van der Waals surface area contributed by atoms with Crippen LogP contribution in [0.1, 0.15) is 19.4 Å². The summed E-state index contributed by atoms with van der Waals surface area (Å²) < 4.78 is 10.7. The minimum atomic E-state index is -1.35. The largest absolute Gasteiger partial charge is 0.497 e. The van der Waals surface area contributed by atoms with Gasteiger partial charge in [0.15, 0.2) is 6.10 Å². The number of hydrazine groups is 1. The molecule has 0 aromatic heterocycles. The average molecular weight is 418 g/mol. The van der Waals surface area contributed by atoms with Gasteiger partial charge in [-0.3, -0.25) is 15.0 Å². The quantitative estimate of drug-likeness (QED) is 0.704. The zero-order valence-corrected chi connectivity index (χ0v) is 16.8. The molecule has 2 N–H and O–H groups in total. The number of amides is 4. The van der Waals surface area contributed by atoms with E-state index < -0.39 is 29.5 Å². The molecule has 152 valence electrons. The summed E-state index contributed by atoms with van der Waals surface area (Å²) in [5.74, 6) is -0.310. The molecule has 0 unspecified atom stereocenters. The molecule has 0 aliphatic carbocycles. The summed E-state index contributed by atoms with van der Waals surface area (Å²) in [5.41, 5.74) is 1.49. The number of benzene rings is 2. The third kappa shape index (κ3) is 4.12. The van der Waals surface area contributed by atoms with Crippen LogP contribution in [-0.2, 0) is 15.1 Å². The number of hydrogen-bond acceptors (Lipinski definition) is 5. The Morgan fingerprint density at radius 1 is 1.17 bits per heavy atom. The monoisotopic (exact) mass is 417 g/mol. The maximum absolute atomic E-state index is 12.9. The molecule has 1 heterocycles. The number of nitrogens with one attached hydrogen (secondary N) is 2. The molecule has 1 fully saturated rings. The Morgan fingerprint density at radius 2 is 1.86 bits per heavy atom.